The molecule has 0 saturated carbocycles. The lowest BCUT2D eigenvalue weighted by atomic mass is 10.2. The summed E-state index contributed by atoms with van der Waals surface area (Å²) in [5.41, 5.74) is 2.06. The second-order valence-electron chi connectivity index (χ2n) is 6.12. The molecule has 1 aliphatic heterocycles. The molecule has 144 valence electrons. The van der Waals surface area contributed by atoms with E-state index in [1.165, 1.54) is 0 Å². The summed E-state index contributed by atoms with van der Waals surface area (Å²) in [5, 5.41) is 0. The lowest BCUT2D eigenvalue weighted by Gasteiger charge is -2.18. The zero-order chi connectivity index (χ0) is 19.6. The van der Waals surface area contributed by atoms with Crippen LogP contribution in [0.15, 0.2) is 45.8 Å². The molecule has 0 atom stereocenters. The molecule has 0 aromatic heterocycles. The van der Waals surface area contributed by atoms with Gasteiger partial charge in [-0.2, -0.15) is 0 Å². The molecule has 0 saturated heterocycles. The fraction of sp³-hybridized carbons (Fsp3) is 0.316. The molecule has 0 spiro atoms. The van der Waals surface area contributed by atoms with Crippen molar-refractivity contribution >= 4 is 43.2 Å². The first-order valence-corrected chi connectivity index (χ1v) is 11.0. The van der Waals surface area contributed by atoms with Gasteiger partial charge in [0.1, 0.15) is 10.6 Å². The molecule has 1 amide bonds. The third kappa shape index (κ3) is 4.11. The molecule has 0 radical (unpaired) electrons. The highest BCUT2D eigenvalue weighted by Crippen LogP contribution is 2.36. The number of sulfonamides is 1. The summed E-state index contributed by atoms with van der Waals surface area (Å²) in [6.45, 7) is 4.79. The van der Waals surface area contributed by atoms with Gasteiger partial charge in [-0.1, -0.05) is 6.92 Å². The number of benzene rings is 2. The van der Waals surface area contributed by atoms with Crippen molar-refractivity contribution in [2.45, 2.75) is 31.6 Å². The summed E-state index contributed by atoms with van der Waals surface area (Å²) in [6.07, 6.45) is 1.09. The van der Waals surface area contributed by atoms with Crippen molar-refractivity contribution < 1.29 is 17.9 Å². The fourth-order valence-electron chi connectivity index (χ4n) is 3.04. The van der Waals surface area contributed by atoms with E-state index in [4.69, 9.17) is 4.74 Å². The second kappa shape index (κ2) is 7.90. The van der Waals surface area contributed by atoms with Gasteiger partial charge in [0, 0.05) is 28.8 Å². The minimum Gasteiger partial charge on any atom is -0.494 e. The Morgan fingerprint density at radius 3 is 2.56 bits per heavy atom. The third-order valence-corrected chi connectivity index (χ3v) is 6.68. The largest absolute Gasteiger partial charge is 0.494 e. The van der Waals surface area contributed by atoms with E-state index in [1.54, 1.807) is 48.2 Å². The van der Waals surface area contributed by atoms with Gasteiger partial charge in [-0.15, -0.1) is 0 Å². The van der Waals surface area contributed by atoms with E-state index in [-0.39, 0.29) is 10.8 Å². The van der Waals surface area contributed by atoms with Gasteiger partial charge in [0.2, 0.25) is 5.91 Å². The fourth-order valence-corrected chi connectivity index (χ4v) is 5.21. The summed E-state index contributed by atoms with van der Waals surface area (Å²) >= 11 is 3.36. The van der Waals surface area contributed by atoms with E-state index in [0.29, 0.717) is 47.6 Å². The number of carbonyl (C=O) groups excluding carboxylic acids is 1. The Bertz CT molecular complexity index is 958. The summed E-state index contributed by atoms with van der Waals surface area (Å²) in [4.78, 5) is 13.9. The van der Waals surface area contributed by atoms with Crippen molar-refractivity contribution in [2.75, 3.05) is 22.8 Å². The van der Waals surface area contributed by atoms with Crippen molar-refractivity contribution in [3.8, 4) is 5.75 Å². The molecule has 1 aliphatic rings. The molecular weight excluding hydrogens is 432 g/mol. The van der Waals surface area contributed by atoms with Crippen LogP contribution < -0.4 is 14.4 Å². The highest BCUT2D eigenvalue weighted by Gasteiger charge is 2.28. The standard InChI is InChI=1S/C19H21BrN2O4S/c1-3-19(23)22-10-9-13-11-16(20)18(12-17(13)22)27(24,25)21-14-5-7-15(8-6-14)26-4-2/h5-8,11-12,21H,3-4,9-10H2,1-2H3. The number of hydrogen-bond acceptors (Lipinski definition) is 4. The smallest absolute Gasteiger partial charge is 0.263 e. The van der Waals surface area contributed by atoms with Gasteiger partial charge >= 0.3 is 0 Å². The Hall–Kier alpha value is -2.06. The van der Waals surface area contributed by atoms with Crippen LogP contribution in [0.4, 0.5) is 11.4 Å². The molecule has 8 heteroatoms. The van der Waals surface area contributed by atoms with Gasteiger partial charge in [-0.25, -0.2) is 8.42 Å². The van der Waals surface area contributed by atoms with Gasteiger partial charge in [-0.3, -0.25) is 9.52 Å². The Morgan fingerprint density at radius 2 is 1.93 bits per heavy atom. The number of ether oxygens (including phenoxy) is 1. The van der Waals surface area contributed by atoms with E-state index in [2.05, 4.69) is 20.7 Å². The highest BCUT2D eigenvalue weighted by molar-refractivity contribution is 9.10. The number of nitrogens with one attached hydrogen (secondary N) is 1. The summed E-state index contributed by atoms with van der Waals surface area (Å²) < 4.78 is 34.2. The van der Waals surface area contributed by atoms with Crippen molar-refractivity contribution in [1.82, 2.24) is 0 Å². The molecular formula is C19H21BrN2O4S. The van der Waals surface area contributed by atoms with Crippen molar-refractivity contribution in [2.24, 2.45) is 0 Å². The van der Waals surface area contributed by atoms with E-state index in [1.807, 2.05) is 6.92 Å². The summed E-state index contributed by atoms with van der Waals surface area (Å²) in [7, 11) is -3.82. The molecule has 0 bridgehead atoms. The molecule has 0 aliphatic carbocycles. The SMILES string of the molecule is CCOc1ccc(NS(=O)(=O)c2cc3c(cc2Br)CCN3C(=O)CC)cc1. The maximum absolute atomic E-state index is 12.9. The topological polar surface area (TPSA) is 75.7 Å². The number of carbonyl (C=O) groups is 1. The van der Waals surface area contributed by atoms with E-state index >= 15 is 0 Å². The minimum absolute atomic E-state index is 0.0149. The Balaban J connectivity index is 1.91. The van der Waals surface area contributed by atoms with Crippen LogP contribution in [-0.2, 0) is 21.2 Å². The predicted octanol–water partition coefficient (Wildman–Crippen LogP) is 3.95. The highest BCUT2D eigenvalue weighted by atomic mass is 79.9. The first kappa shape index (κ1) is 19.7. The predicted molar refractivity (Wildman–Crippen MR) is 109 cm³/mol. The van der Waals surface area contributed by atoms with Crippen LogP contribution in [0.25, 0.3) is 0 Å². The van der Waals surface area contributed by atoms with Crippen molar-refractivity contribution in [3.63, 3.8) is 0 Å². The maximum Gasteiger partial charge on any atom is 0.263 e. The van der Waals surface area contributed by atoms with Gasteiger partial charge in [0.05, 0.1) is 6.61 Å². The number of anilines is 2. The van der Waals surface area contributed by atoms with Gasteiger partial charge in [0.25, 0.3) is 10.0 Å². The molecule has 3 rings (SSSR count). The number of halogens is 1. The molecule has 0 fully saturated rings. The van der Waals surface area contributed by atoms with E-state index in [0.717, 1.165) is 5.56 Å². The van der Waals surface area contributed by atoms with Crippen LogP contribution in [0, 0.1) is 0 Å². The number of rotatable bonds is 6. The molecule has 2 aromatic carbocycles. The van der Waals surface area contributed by atoms with Crippen LogP contribution in [0.1, 0.15) is 25.8 Å². The average molecular weight is 453 g/mol. The summed E-state index contributed by atoms with van der Waals surface area (Å²) in [5.74, 6) is 0.659. The summed E-state index contributed by atoms with van der Waals surface area (Å²) in [6, 6.07) is 10.1. The Morgan fingerprint density at radius 1 is 1.22 bits per heavy atom. The van der Waals surface area contributed by atoms with Crippen LogP contribution in [0.2, 0.25) is 0 Å². The van der Waals surface area contributed by atoms with Gasteiger partial charge in [-0.05, 0) is 71.2 Å². The van der Waals surface area contributed by atoms with E-state index < -0.39 is 10.0 Å². The molecule has 1 N–H and O–H groups in total. The number of amides is 1. The first-order valence-electron chi connectivity index (χ1n) is 8.74. The zero-order valence-corrected chi connectivity index (χ0v) is 17.6. The first-order chi connectivity index (χ1) is 12.9. The molecule has 1 heterocycles. The normalized spacial score (nSPS) is 13.4. The lowest BCUT2D eigenvalue weighted by molar-refractivity contribution is -0.118. The lowest BCUT2D eigenvalue weighted by Crippen LogP contribution is -2.28. The van der Waals surface area contributed by atoms with Gasteiger partial charge < -0.3 is 9.64 Å². The molecule has 0 unspecified atom stereocenters. The van der Waals surface area contributed by atoms with E-state index in [9.17, 15) is 13.2 Å². The van der Waals surface area contributed by atoms with Crippen LogP contribution in [-0.4, -0.2) is 27.5 Å². The quantitative estimate of drug-likeness (QED) is 0.719. The second-order valence-corrected chi connectivity index (χ2v) is 8.63. The third-order valence-electron chi connectivity index (χ3n) is 4.34. The molecule has 27 heavy (non-hydrogen) atoms. The van der Waals surface area contributed by atoms with Crippen molar-refractivity contribution in [3.05, 3.63) is 46.4 Å². The zero-order valence-electron chi connectivity index (χ0n) is 15.2. The Kier molecular flexibility index (Phi) is 5.76. The van der Waals surface area contributed by atoms with Crippen molar-refractivity contribution in [1.29, 1.82) is 0 Å². The number of hydrogen-bond donors (Lipinski definition) is 1. The number of fused-ring (bicyclic) bond motifs is 1. The maximum atomic E-state index is 12.9. The average Bonchev–Trinajstić information content (AvgIpc) is 3.04. The monoisotopic (exact) mass is 452 g/mol. The number of nitrogens with zero attached hydrogens (tertiary/aromatic N) is 1. The van der Waals surface area contributed by atoms with Crippen LogP contribution >= 0.6 is 15.9 Å². The minimum atomic E-state index is -3.82. The van der Waals surface area contributed by atoms with Crippen LogP contribution in [0.3, 0.4) is 0 Å². The Labute approximate surface area is 167 Å². The van der Waals surface area contributed by atoms with Gasteiger partial charge in [0.15, 0.2) is 0 Å². The molecule has 2 aromatic rings. The molecule has 6 nitrogen and oxygen atoms in total. The van der Waals surface area contributed by atoms with Crippen LogP contribution in [0.5, 0.6) is 5.75 Å².